The van der Waals surface area contributed by atoms with Gasteiger partial charge in [-0.1, -0.05) is 44.2 Å². The molecule has 6 heteroatoms. The Morgan fingerprint density at radius 2 is 1.96 bits per heavy atom. The summed E-state index contributed by atoms with van der Waals surface area (Å²) in [5.41, 5.74) is 2.55. The van der Waals surface area contributed by atoms with Gasteiger partial charge in [0.2, 0.25) is 0 Å². The summed E-state index contributed by atoms with van der Waals surface area (Å²) in [5.74, 6) is 0.369. The molecule has 0 unspecified atom stereocenters. The van der Waals surface area contributed by atoms with E-state index in [9.17, 15) is 4.79 Å². The van der Waals surface area contributed by atoms with Crippen LogP contribution < -0.4 is 5.32 Å². The maximum Gasteiger partial charge on any atom is 0.270 e. The number of hydrogen-bond acceptors (Lipinski definition) is 3. The Morgan fingerprint density at radius 3 is 2.62 bits per heavy atom. The zero-order chi connectivity index (χ0) is 18.5. The van der Waals surface area contributed by atoms with Gasteiger partial charge in [-0.3, -0.25) is 14.2 Å². The zero-order valence-corrected chi connectivity index (χ0v) is 15.5. The minimum Gasteiger partial charge on any atom is -0.342 e. The molecule has 0 saturated heterocycles. The minimum atomic E-state index is -0.174. The number of nitrogens with one attached hydrogen (secondary N) is 1. The maximum absolute atomic E-state index is 12.9. The lowest BCUT2D eigenvalue weighted by Crippen LogP contribution is -2.32. The molecule has 2 heterocycles. The lowest BCUT2D eigenvalue weighted by molar-refractivity contribution is 0.0922. The average Bonchev–Trinajstić information content (AvgIpc) is 3.24. The van der Waals surface area contributed by atoms with Crippen molar-refractivity contribution in [3.8, 4) is 0 Å². The average molecular weight is 351 g/mol. The Kier molecular flexibility index (Phi) is 5.51. The molecule has 0 saturated carbocycles. The van der Waals surface area contributed by atoms with Gasteiger partial charge in [0, 0.05) is 19.4 Å². The van der Waals surface area contributed by atoms with E-state index in [-0.39, 0.29) is 11.9 Å². The molecular formula is C20H25N5O. The Balaban J connectivity index is 1.80. The predicted molar refractivity (Wildman–Crippen MR) is 101 cm³/mol. The second-order valence-corrected chi connectivity index (χ2v) is 6.91. The molecule has 0 radical (unpaired) electrons. The van der Waals surface area contributed by atoms with Gasteiger partial charge in [0.05, 0.1) is 18.3 Å². The van der Waals surface area contributed by atoms with E-state index in [2.05, 4.69) is 29.4 Å². The molecule has 0 bridgehead atoms. The van der Waals surface area contributed by atoms with Crippen LogP contribution >= 0.6 is 0 Å². The van der Waals surface area contributed by atoms with Gasteiger partial charge in [0.15, 0.2) is 0 Å². The van der Waals surface area contributed by atoms with Gasteiger partial charge in [0.1, 0.15) is 5.69 Å². The number of carbonyl (C=O) groups is 1. The van der Waals surface area contributed by atoms with E-state index in [1.165, 1.54) is 0 Å². The first-order chi connectivity index (χ1) is 12.5. The monoisotopic (exact) mass is 351 g/mol. The summed E-state index contributed by atoms with van der Waals surface area (Å²) in [5, 5.41) is 11.9. The SMILES string of the molecule is CC(C)Cc1cc(C(=O)N[C@H](Cn2cccn2)c2ccccc2)n(C)n1. The molecule has 1 atom stereocenters. The minimum absolute atomic E-state index is 0.129. The van der Waals surface area contributed by atoms with Crippen molar-refractivity contribution in [1.29, 1.82) is 0 Å². The lowest BCUT2D eigenvalue weighted by Gasteiger charge is -2.19. The quantitative estimate of drug-likeness (QED) is 0.712. The fourth-order valence-electron chi connectivity index (χ4n) is 3.00. The summed E-state index contributed by atoms with van der Waals surface area (Å²) in [6.45, 7) is 4.85. The number of aromatic nitrogens is 4. The third kappa shape index (κ3) is 4.39. The van der Waals surface area contributed by atoms with Crippen molar-refractivity contribution in [1.82, 2.24) is 24.9 Å². The molecule has 0 fully saturated rings. The van der Waals surface area contributed by atoms with Crippen molar-refractivity contribution < 1.29 is 4.79 Å². The zero-order valence-electron chi connectivity index (χ0n) is 15.5. The largest absolute Gasteiger partial charge is 0.342 e. The van der Waals surface area contributed by atoms with Crippen molar-refractivity contribution in [2.75, 3.05) is 0 Å². The summed E-state index contributed by atoms with van der Waals surface area (Å²) in [7, 11) is 1.81. The van der Waals surface area contributed by atoms with Crippen molar-refractivity contribution in [3.05, 3.63) is 71.8 Å². The molecule has 26 heavy (non-hydrogen) atoms. The van der Waals surface area contributed by atoms with Crippen LogP contribution in [0.3, 0.4) is 0 Å². The molecule has 6 nitrogen and oxygen atoms in total. The fraction of sp³-hybridized carbons (Fsp3) is 0.350. The van der Waals surface area contributed by atoms with E-state index in [0.29, 0.717) is 18.2 Å². The smallest absolute Gasteiger partial charge is 0.270 e. The number of benzene rings is 1. The molecule has 3 rings (SSSR count). The van der Waals surface area contributed by atoms with Gasteiger partial charge < -0.3 is 5.32 Å². The van der Waals surface area contributed by atoms with Gasteiger partial charge in [-0.15, -0.1) is 0 Å². The molecule has 0 spiro atoms. The van der Waals surface area contributed by atoms with Gasteiger partial charge >= 0.3 is 0 Å². The van der Waals surface area contributed by atoms with Gasteiger partial charge in [-0.25, -0.2) is 0 Å². The Labute approximate surface area is 153 Å². The third-order valence-corrected chi connectivity index (χ3v) is 4.22. The number of hydrogen-bond donors (Lipinski definition) is 1. The van der Waals surface area contributed by atoms with Gasteiger partial charge in [0.25, 0.3) is 5.91 Å². The van der Waals surface area contributed by atoms with Crippen LogP contribution in [0.15, 0.2) is 54.9 Å². The Bertz CT molecular complexity index is 836. The highest BCUT2D eigenvalue weighted by atomic mass is 16.2. The number of nitrogens with zero attached hydrogens (tertiary/aromatic N) is 4. The van der Waals surface area contributed by atoms with Gasteiger partial charge in [-0.05, 0) is 30.0 Å². The third-order valence-electron chi connectivity index (χ3n) is 4.22. The number of aryl methyl sites for hydroxylation is 1. The van der Waals surface area contributed by atoms with Crippen molar-refractivity contribution in [3.63, 3.8) is 0 Å². The van der Waals surface area contributed by atoms with Crippen molar-refractivity contribution in [2.24, 2.45) is 13.0 Å². The van der Waals surface area contributed by atoms with E-state index in [1.807, 2.05) is 60.4 Å². The van der Waals surface area contributed by atoms with E-state index in [0.717, 1.165) is 17.7 Å². The molecule has 3 aromatic rings. The fourth-order valence-corrected chi connectivity index (χ4v) is 3.00. The predicted octanol–water partition coefficient (Wildman–Crippen LogP) is 2.99. The first-order valence-corrected chi connectivity index (χ1v) is 8.89. The molecule has 1 N–H and O–H groups in total. The highest BCUT2D eigenvalue weighted by molar-refractivity contribution is 5.92. The van der Waals surface area contributed by atoms with Crippen LogP contribution in [0.1, 0.15) is 41.6 Å². The second-order valence-electron chi connectivity index (χ2n) is 6.91. The summed E-state index contributed by atoms with van der Waals surface area (Å²) in [6.07, 6.45) is 4.49. The summed E-state index contributed by atoms with van der Waals surface area (Å²) in [6, 6.07) is 13.5. The topological polar surface area (TPSA) is 64.7 Å². The standard InChI is InChI=1S/C20H25N5O/c1-15(2)12-17-13-19(24(3)23-17)20(26)22-18(14-25-11-7-10-21-25)16-8-5-4-6-9-16/h4-11,13,15,18H,12,14H2,1-3H3,(H,22,26)/t18-/m1/s1. The van der Waals surface area contributed by atoms with E-state index in [4.69, 9.17) is 0 Å². The van der Waals surface area contributed by atoms with Crippen LogP contribution in [0.25, 0.3) is 0 Å². The normalized spacial score (nSPS) is 12.3. The van der Waals surface area contributed by atoms with E-state index < -0.39 is 0 Å². The van der Waals surface area contributed by atoms with E-state index >= 15 is 0 Å². The van der Waals surface area contributed by atoms with Crippen LogP contribution in [0.2, 0.25) is 0 Å². The van der Waals surface area contributed by atoms with E-state index in [1.54, 1.807) is 10.9 Å². The Hall–Kier alpha value is -2.89. The van der Waals surface area contributed by atoms with Gasteiger partial charge in [-0.2, -0.15) is 10.2 Å². The molecular weight excluding hydrogens is 326 g/mol. The lowest BCUT2D eigenvalue weighted by atomic mass is 10.1. The molecule has 0 aliphatic heterocycles. The Morgan fingerprint density at radius 1 is 1.19 bits per heavy atom. The molecule has 1 aromatic carbocycles. The maximum atomic E-state index is 12.9. The van der Waals surface area contributed by atoms with Crippen LogP contribution in [0.5, 0.6) is 0 Å². The number of carbonyl (C=O) groups excluding carboxylic acids is 1. The molecule has 1 amide bonds. The summed E-state index contributed by atoms with van der Waals surface area (Å²) >= 11 is 0. The number of rotatable bonds is 7. The first kappa shape index (κ1) is 17.9. The highest BCUT2D eigenvalue weighted by Crippen LogP contribution is 2.16. The van der Waals surface area contributed by atoms with Crippen molar-refractivity contribution in [2.45, 2.75) is 32.9 Å². The summed E-state index contributed by atoms with van der Waals surface area (Å²) < 4.78 is 3.48. The van der Waals surface area contributed by atoms with Crippen LogP contribution in [-0.4, -0.2) is 25.5 Å². The second kappa shape index (κ2) is 7.99. The van der Waals surface area contributed by atoms with Crippen LogP contribution in [-0.2, 0) is 20.0 Å². The molecule has 0 aliphatic rings. The molecule has 0 aliphatic carbocycles. The van der Waals surface area contributed by atoms with Crippen molar-refractivity contribution >= 4 is 5.91 Å². The first-order valence-electron chi connectivity index (χ1n) is 8.89. The van der Waals surface area contributed by atoms with Crippen LogP contribution in [0, 0.1) is 5.92 Å². The highest BCUT2D eigenvalue weighted by Gasteiger charge is 2.20. The molecule has 2 aromatic heterocycles. The van der Waals surface area contributed by atoms with Crippen LogP contribution in [0.4, 0.5) is 0 Å². The summed E-state index contributed by atoms with van der Waals surface area (Å²) in [4.78, 5) is 12.9. The number of amides is 1. The molecule has 136 valence electrons.